The van der Waals surface area contributed by atoms with E-state index < -0.39 is 18.1 Å². The maximum atomic E-state index is 11.8. The molecule has 0 bridgehead atoms. The summed E-state index contributed by atoms with van der Waals surface area (Å²) in [6.07, 6.45) is 1.62. The van der Waals surface area contributed by atoms with Gasteiger partial charge in [0.2, 0.25) is 6.41 Å². The number of carbonyl (C=O) groups is 2. The molecule has 2 unspecified atom stereocenters. The van der Waals surface area contributed by atoms with E-state index in [9.17, 15) is 14.7 Å². The monoisotopic (exact) mass is 262 g/mol. The lowest BCUT2D eigenvalue weighted by Gasteiger charge is -2.21. The number of rotatable bonds is 7. The van der Waals surface area contributed by atoms with Crippen LogP contribution in [0, 0.1) is 0 Å². The summed E-state index contributed by atoms with van der Waals surface area (Å²) in [4.78, 5) is 22.4. The largest absolute Gasteiger partial charge is 0.381 e. The van der Waals surface area contributed by atoms with E-state index in [1.807, 2.05) is 30.3 Å². The molecule has 19 heavy (non-hydrogen) atoms. The van der Waals surface area contributed by atoms with Gasteiger partial charge in [0.25, 0.3) is 5.91 Å². The highest BCUT2D eigenvalue weighted by Crippen LogP contribution is 2.19. The molecule has 2 atom stereocenters. The highest BCUT2D eigenvalue weighted by atomic mass is 16.3. The third kappa shape index (κ3) is 4.06. The van der Waals surface area contributed by atoms with Gasteiger partial charge in [-0.05, 0) is 24.8 Å². The summed E-state index contributed by atoms with van der Waals surface area (Å²) in [6.45, 7) is 0. The molecule has 102 valence electrons. The second kappa shape index (κ2) is 6.33. The number of nitrogens with one attached hydrogen (secondary N) is 2. The Morgan fingerprint density at radius 2 is 2.05 bits per heavy atom. The van der Waals surface area contributed by atoms with E-state index in [2.05, 4.69) is 10.6 Å². The summed E-state index contributed by atoms with van der Waals surface area (Å²) in [7, 11) is 0. The molecule has 5 nitrogen and oxygen atoms in total. The molecule has 3 N–H and O–H groups in total. The normalized spacial score (nSPS) is 17.3. The van der Waals surface area contributed by atoms with Gasteiger partial charge in [0.15, 0.2) is 6.10 Å². The highest BCUT2D eigenvalue weighted by Gasteiger charge is 2.30. The molecule has 0 aromatic heterocycles. The van der Waals surface area contributed by atoms with Crippen molar-refractivity contribution in [3.63, 3.8) is 0 Å². The van der Waals surface area contributed by atoms with Crippen molar-refractivity contribution in [3.8, 4) is 0 Å². The average molecular weight is 262 g/mol. The molecule has 0 saturated heterocycles. The SMILES string of the molecule is O=CNC(Cc1ccccc1)C(O)C(=O)NC1CC1. The topological polar surface area (TPSA) is 78.4 Å². The van der Waals surface area contributed by atoms with Crippen LogP contribution in [-0.2, 0) is 16.0 Å². The predicted molar refractivity (Wildman–Crippen MR) is 70.3 cm³/mol. The van der Waals surface area contributed by atoms with Crippen molar-refractivity contribution in [2.75, 3.05) is 0 Å². The van der Waals surface area contributed by atoms with Gasteiger partial charge in [-0.3, -0.25) is 9.59 Å². The number of carbonyl (C=O) groups excluding carboxylic acids is 2. The van der Waals surface area contributed by atoms with Crippen molar-refractivity contribution >= 4 is 12.3 Å². The number of amides is 2. The Morgan fingerprint density at radius 1 is 1.37 bits per heavy atom. The van der Waals surface area contributed by atoms with E-state index in [1.165, 1.54) is 0 Å². The van der Waals surface area contributed by atoms with Crippen molar-refractivity contribution in [2.24, 2.45) is 0 Å². The van der Waals surface area contributed by atoms with Crippen LogP contribution in [-0.4, -0.2) is 35.6 Å². The fourth-order valence-electron chi connectivity index (χ4n) is 1.91. The van der Waals surface area contributed by atoms with Crippen molar-refractivity contribution in [2.45, 2.75) is 37.5 Å². The summed E-state index contributed by atoms with van der Waals surface area (Å²) in [5.74, 6) is -0.419. The van der Waals surface area contributed by atoms with E-state index in [-0.39, 0.29) is 6.04 Å². The van der Waals surface area contributed by atoms with Crippen LogP contribution >= 0.6 is 0 Å². The molecule has 1 aromatic rings. The maximum absolute atomic E-state index is 11.8. The zero-order valence-electron chi connectivity index (χ0n) is 10.6. The van der Waals surface area contributed by atoms with E-state index in [1.54, 1.807) is 0 Å². The van der Waals surface area contributed by atoms with E-state index in [0.717, 1.165) is 18.4 Å². The first-order valence-electron chi connectivity index (χ1n) is 6.43. The predicted octanol–water partition coefficient (Wildman–Crippen LogP) is -0.0168. The molecule has 0 spiro atoms. The molecule has 2 rings (SSSR count). The number of benzene rings is 1. The fraction of sp³-hybridized carbons (Fsp3) is 0.429. The van der Waals surface area contributed by atoms with E-state index in [4.69, 9.17) is 0 Å². The van der Waals surface area contributed by atoms with Gasteiger partial charge in [-0.1, -0.05) is 30.3 Å². The van der Waals surface area contributed by atoms with Gasteiger partial charge in [-0.2, -0.15) is 0 Å². The maximum Gasteiger partial charge on any atom is 0.251 e. The van der Waals surface area contributed by atoms with Gasteiger partial charge < -0.3 is 15.7 Å². The number of aliphatic hydroxyl groups is 1. The lowest BCUT2D eigenvalue weighted by molar-refractivity contribution is -0.131. The molecular weight excluding hydrogens is 244 g/mol. The van der Waals surface area contributed by atoms with Crippen LogP contribution in [0.3, 0.4) is 0 Å². The lowest BCUT2D eigenvalue weighted by Crippen LogP contribution is -2.50. The smallest absolute Gasteiger partial charge is 0.251 e. The summed E-state index contributed by atoms with van der Waals surface area (Å²) >= 11 is 0. The third-order valence-electron chi connectivity index (χ3n) is 3.15. The van der Waals surface area contributed by atoms with Crippen molar-refractivity contribution in [3.05, 3.63) is 35.9 Å². The zero-order valence-corrected chi connectivity index (χ0v) is 10.6. The summed E-state index contributed by atoms with van der Waals surface area (Å²) in [5.41, 5.74) is 0.958. The standard InChI is InChI=1S/C14H18N2O3/c17-9-15-12(8-10-4-2-1-3-5-10)13(18)14(19)16-11-6-7-11/h1-5,9,11-13,18H,6-8H2,(H,15,17)(H,16,19). The molecule has 1 fully saturated rings. The summed E-state index contributed by atoms with van der Waals surface area (Å²) in [6, 6.07) is 9.01. The van der Waals surface area contributed by atoms with Crippen molar-refractivity contribution in [1.29, 1.82) is 0 Å². The Labute approximate surface area is 112 Å². The second-order valence-corrected chi connectivity index (χ2v) is 4.81. The van der Waals surface area contributed by atoms with Gasteiger partial charge in [-0.25, -0.2) is 0 Å². The Balaban J connectivity index is 1.97. The van der Waals surface area contributed by atoms with Gasteiger partial charge in [0, 0.05) is 6.04 Å². The van der Waals surface area contributed by atoms with Crippen molar-refractivity contribution < 1.29 is 14.7 Å². The van der Waals surface area contributed by atoms with Gasteiger partial charge in [0.1, 0.15) is 0 Å². The Hall–Kier alpha value is -1.88. The fourth-order valence-corrected chi connectivity index (χ4v) is 1.91. The summed E-state index contributed by atoms with van der Waals surface area (Å²) < 4.78 is 0. The minimum absolute atomic E-state index is 0.191. The van der Waals surface area contributed by atoms with Crippen LogP contribution in [0.25, 0.3) is 0 Å². The van der Waals surface area contributed by atoms with Crippen LogP contribution in [0.1, 0.15) is 18.4 Å². The van der Waals surface area contributed by atoms with Gasteiger partial charge in [-0.15, -0.1) is 0 Å². The van der Waals surface area contributed by atoms with E-state index >= 15 is 0 Å². The van der Waals surface area contributed by atoms with E-state index in [0.29, 0.717) is 12.8 Å². The first kappa shape index (κ1) is 13.5. The van der Waals surface area contributed by atoms with Crippen molar-refractivity contribution in [1.82, 2.24) is 10.6 Å². The number of hydrogen-bond donors (Lipinski definition) is 3. The first-order valence-corrected chi connectivity index (χ1v) is 6.43. The number of aliphatic hydroxyl groups excluding tert-OH is 1. The molecule has 1 saturated carbocycles. The Bertz CT molecular complexity index is 432. The minimum atomic E-state index is -1.23. The molecule has 2 amide bonds. The van der Waals surface area contributed by atoms with Crippen LogP contribution < -0.4 is 10.6 Å². The molecule has 1 aromatic carbocycles. The third-order valence-corrected chi connectivity index (χ3v) is 3.15. The zero-order chi connectivity index (χ0) is 13.7. The first-order chi connectivity index (χ1) is 9.20. The van der Waals surface area contributed by atoms with Crippen LogP contribution in [0.15, 0.2) is 30.3 Å². The molecule has 0 aliphatic heterocycles. The second-order valence-electron chi connectivity index (χ2n) is 4.81. The van der Waals surface area contributed by atoms with Gasteiger partial charge in [0.05, 0.1) is 6.04 Å². The number of hydrogen-bond acceptors (Lipinski definition) is 3. The quantitative estimate of drug-likeness (QED) is 0.604. The van der Waals surface area contributed by atoms with Gasteiger partial charge >= 0.3 is 0 Å². The molecule has 0 heterocycles. The van der Waals surface area contributed by atoms with Crippen LogP contribution in [0.4, 0.5) is 0 Å². The Kier molecular flexibility index (Phi) is 4.52. The van der Waals surface area contributed by atoms with Crippen LogP contribution in [0.5, 0.6) is 0 Å². The summed E-state index contributed by atoms with van der Waals surface area (Å²) in [5, 5.41) is 15.3. The molecule has 0 radical (unpaired) electrons. The highest BCUT2D eigenvalue weighted by molar-refractivity contribution is 5.82. The molecule has 1 aliphatic carbocycles. The van der Waals surface area contributed by atoms with Crippen LogP contribution in [0.2, 0.25) is 0 Å². The lowest BCUT2D eigenvalue weighted by atomic mass is 10.0. The molecule has 5 heteroatoms. The minimum Gasteiger partial charge on any atom is -0.381 e. The average Bonchev–Trinajstić information content (AvgIpc) is 3.22. The Morgan fingerprint density at radius 3 is 2.63 bits per heavy atom. The molecular formula is C14H18N2O3. The molecule has 1 aliphatic rings.